The van der Waals surface area contributed by atoms with Gasteiger partial charge < -0.3 is 21.1 Å². The number of anilines is 1. The standard InChI is InChI=1S/C17H17F2N3O2S/c18-12-3-6-15(14(19)10-12)22-17(25)21-8-7-20-16(24)9-11-1-4-13(23)5-2-11/h1-6,10,23H,7-9H2,(H,20,24)(H2,21,22,25). The van der Waals surface area contributed by atoms with Gasteiger partial charge in [-0.15, -0.1) is 0 Å². The van der Waals surface area contributed by atoms with E-state index in [9.17, 15) is 18.7 Å². The zero-order chi connectivity index (χ0) is 18.2. The topological polar surface area (TPSA) is 73.4 Å². The second-order valence-corrected chi connectivity index (χ2v) is 5.61. The Bertz CT molecular complexity index is 754. The second-order valence-electron chi connectivity index (χ2n) is 5.20. The number of carbonyl (C=O) groups excluding carboxylic acids is 1. The van der Waals surface area contributed by atoms with Crippen LogP contribution in [0.3, 0.4) is 0 Å². The lowest BCUT2D eigenvalue weighted by molar-refractivity contribution is -0.120. The van der Waals surface area contributed by atoms with Crippen LogP contribution >= 0.6 is 12.2 Å². The summed E-state index contributed by atoms with van der Waals surface area (Å²) in [6, 6.07) is 9.50. The van der Waals surface area contributed by atoms with Gasteiger partial charge in [-0.2, -0.15) is 0 Å². The first-order valence-electron chi connectivity index (χ1n) is 7.48. The van der Waals surface area contributed by atoms with Crippen molar-refractivity contribution in [2.24, 2.45) is 0 Å². The number of nitrogens with one attached hydrogen (secondary N) is 3. The molecule has 0 aliphatic heterocycles. The van der Waals surface area contributed by atoms with Crippen LogP contribution in [-0.4, -0.2) is 29.2 Å². The molecule has 8 heteroatoms. The normalized spacial score (nSPS) is 10.2. The summed E-state index contributed by atoms with van der Waals surface area (Å²) in [4.78, 5) is 11.8. The number of rotatable bonds is 6. The highest BCUT2D eigenvalue weighted by Crippen LogP contribution is 2.14. The number of amides is 1. The highest BCUT2D eigenvalue weighted by atomic mass is 32.1. The van der Waals surface area contributed by atoms with Gasteiger partial charge in [0.25, 0.3) is 0 Å². The minimum atomic E-state index is -0.744. The van der Waals surface area contributed by atoms with Crippen molar-refractivity contribution >= 4 is 28.9 Å². The minimum Gasteiger partial charge on any atom is -0.508 e. The van der Waals surface area contributed by atoms with Crippen molar-refractivity contribution in [3.8, 4) is 5.75 Å². The maximum absolute atomic E-state index is 13.5. The van der Waals surface area contributed by atoms with Gasteiger partial charge in [0.1, 0.15) is 17.4 Å². The summed E-state index contributed by atoms with van der Waals surface area (Å²) in [6.45, 7) is 0.667. The summed E-state index contributed by atoms with van der Waals surface area (Å²) < 4.78 is 26.3. The third kappa shape index (κ3) is 6.34. The Balaban J connectivity index is 1.67. The number of thiocarbonyl (C=S) groups is 1. The number of hydrogen-bond acceptors (Lipinski definition) is 3. The highest BCUT2D eigenvalue weighted by molar-refractivity contribution is 7.80. The summed E-state index contributed by atoms with van der Waals surface area (Å²) in [7, 11) is 0. The predicted octanol–water partition coefficient (Wildman–Crippen LogP) is 2.32. The summed E-state index contributed by atoms with van der Waals surface area (Å²) in [5, 5.41) is 17.5. The summed E-state index contributed by atoms with van der Waals surface area (Å²) in [5.41, 5.74) is 0.850. The van der Waals surface area contributed by atoms with E-state index in [1.807, 2.05) is 0 Å². The highest BCUT2D eigenvalue weighted by Gasteiger charge is 2.06. The molecule has 0 aromatic heterocycles. The van der Waals surface area contributed by atoms with Gasteiger partial charge in [-0.25, -0.2) is 8.78 Å². The fourth-order valence-electron chi connectivity index (χ4n) is 2.00. The fourth-order valence-corrected chi connectivity index (χ4v) is 2.21. The Labute approximate surface area is 149 Å². The van der Waals surface area contributed by atoms with Gasteiger partial charge in [-0.3, -0.25) is 4.79 Å². The second kappa shape index (κ2) is 8.93. The number of hydrogen-bond donors (Lipinski definition) is 4. The lowest BCUT2D eigenvalue weighted by Crippen LogP contribution is -2.37. The maximum Gasteiger partial charge on any atom is 0.224 e. The molecule has 0 unspecified atom stereocenters. The van der Waals surface area contributed by atoms with Crippen molar-refractivity contribution in [2.45, 2.75) is 6.42 Å². The van der Waals surface area contributed by atoms with Crippen LogP contribution in [0.25, 0.3) is 0 Å². The molecule has 0 aliphatic carbocycles. The molecule has 4 N–H and O–H groups in total. The van der Waals surface area contributed by atoms with Gasteiger partial charge in [-0.05, 0) is 42.0 Å². The molecular formula is C17H17F2N3O2S. The van der Waals surface area contributed by atoms with E-state index < -0.39 is 11.6 Å². The molecule has 0 radical (unpaired) electrons. The SMILES string of the molecule is O=C(Cc1ccc(O)cc1)NCCNC(=S)Nc1ccc(F)cc1F. The minimum absolute atomic E-state index is 0.0651. The van der Waals surface area contributed by atoms with Crippen LogP contribution in [0.2, 0.25) is 0 Å². The molecule has 0 spiro atoms. The fraction of sp³-hybridized carbons (Fsp3) is 0.176. The van der Waals surface area contributed by atoms with Crippen molar-refractivity contribution < 1.29 is 18.7 Å². The van der Waals surface area contributed by atoms with E-state index >= 15 is 0 Å². The molecule has 25 heavy (non-hydrogen) atoms. The molecule has 132 valence electrons. The monoisotopic (exact) mass is 365 g/mol. The molecule has 0 fully saturated rings. The number of benzene rings is 2. The smallest absolute Gasteiger partial charge is 0.224 e. The Kier molecular flexibility index (Phi) is 6.64. The average molecular weight is 365 g/mol. The summed E-state index contributed by atoms with van der Waals surface area (Å²) >= 11 is 5.01. The quantitative estimate of drug-likeness (QED) is 0.467. The van der Waals surface area contributed by atoms with Crippen LogP contribution < -0.4 is 16.0 Å². The van der Waals surface area contributed by atoms with Crippen molar-refractivity contribution in [1.82, 2.24) is 10.6 Å². The molecular weight excluding hydrogens is 348 g/mol. The third-order valence-corrected chi connectivity index (χ3v) is 3.46. The number of phenols is 1. The first-order valence-corrected chi connectivity index (χ1v) is 7.89. The van der Waals surface area contributed by atoms with Crippen molar-refractivity contribution in [2.75, 3.05) is 18.4 Å². The average Bonchev–Trinajstić information content (AvgIpc) is 2.56. The van der Waals surface area contributed by atoms with Crippen LogP contribution in [0, 0.1) is 11.6 Å². The lowest BCUT2D eigenvalue weighted by atomic mass is 10.1. The van der Waals surface area contributed by atoms with Crippen LogP contribution in [-0.2, 0) is 11.2 Å². The first-order chi connectivity index (χ1) is 11.9. The van der Waals surface area contributed by atoms with Gasteiger partial charge in [0, 0.05) is 19.2 Å². The molecule has 2 rings (SSSR count). The molecule has 0 atom stereocenters. The molecule has 0 heterocycles. The van der Waals surface area contributed by atoms with Gasteiger partial charge >= 0.3 is 0 Å². The van der Waals surface area contributed by atoms with E-state index in [0.29, 0.717) is 13.1 Å². The van der Waals surface area contributed by atoms with Crippen molar-refractivity contribution in [1.29, 1.82) is 0 Å². The Morgan fingerprint density at radius 2 is 1.72 bits per heavy atom. The molecule has 0 aliphatic rings. The van der Waals surface area contributed by atoms with E-state index in [4.69, 9.17) is 12.2 Å². The Morgan fingerprint density at radius 1 is 1.04 bits per heavy atom. The molecule has 0 bridgehead atoms. The number of phenolic OH excluding ortho intramolecular Hbond substituents is 1. The van der Waals surface area contributed by atoms with Gasteiger partial charge in [0.15, 0.2) is 5.11 Å². The first kappa shape index (κ1) is 18.6. The van der Waals surface area contributed by atoms with E-state index in [0.717, 1.165) is 17.7 Å². The number of aromatic hydroxyl groups is 1. The Morgan fingerprint density at radius 3 is 2.40 bits per heavy atom. The van der Waals surface area contributed by atoms with Crippen LogP contribution in [0.1, 0.15) is 5.56 Å². The summed E-state index contributed by atoms with van der Waals surface area (Å²) in [5.74, 6) is -1.44. The Hall–Kier alpha value is -2.74. The van der Waals surface area contributed by atoms with Gasteiger partial charge in [0.05, 0.1) is 12.1 Å². The van der Waals surface area contributed by atoms with Crippen LogP contribution in [0.4, 0.5) is 14.5 Å². The largest absolute Gasteiger partial charge is 0.508 e. The van der Waals surface area contributed by atoms with E-state index in [1.54, 1.807) is 12.1 Å². The molecule has 0 saturated heterocycles. The van der Waals surface area contributed by atoms with E-state index in [-0.39, 0.29) is 28.9 Å². The zero-order valence-electron chi connectivity index (χ0n) is 13.2. The molecule has 2 aromatic carbocycles. The van der Waals surface area contributed by atoms with Crippen LogP contribution in [0.5, 0.6) is 5.75 Å². The molecule has 0 saturated carbocycles. The zero-order valence-corrected chi connectivity index (χ0v) is 14.0. The van der Waals surface area contributed by atoms with Crippen molar-refractivity contribution in [3.63, 3.8) is 0 Å². The maximum atomic E-state index is 13.5. The van der Waals surface area contributed by atoms with Gasteiger partial charge in [0.2, 0.25) is 5.91 Å². The molecule has 2 aromatic rings. The van der Waals surface area contributed by atoms with Crippen LogP contribution in [0.15, 0.2) is 42.5 Å². The van der Waals surface area contributed by atoms with E-state index in [1.165, 1.54) is 18.2 Å². The number of halogens is 2. The molecule has 5 nitrogen and oxygen atoms in total. The van der Waals surface area contributed by atoms with Crippen molar-refractivity contribution in [3.05, 3.63) is 59.7 Å². The van der Waals surface area contributed by atoms with Gasteiger partial charge in [-0.1, -0.05) is 12.1 Å². The lowest BCUT2D eigenvalue weighted by Gasteiger charge is -2.11. The third-order valence-electron chi connectivity index (χ3n) is 3.21. The predicted molar refractivity (Wildman–Crippen MR) is 95.4 cm³/mol. The molecule has 1 amide bonds. The van der Waals surface area contributed by atoms with E-state index in [2.05, 4.69) is 16.0 Å². The summed E-state index contributed by atoms with van der Waals surface area (Å²) in [6.07, 6.45) is 0.198. The number of carbonyl (C=O) groups is 1.